The minimum atomic E-state index is -0.457. The van der Waals surface area contributed by atoms with Gasteiger partial charge >= 0.3 is 5.97 Å². The normalized spacial score (nSPS) is 11.3. The highest BCUT2D eigenvalue weighted by atomic mass is 79.9. The third-order valence-corrected chi connectivity index (χ3v) is 5.30. The highest BCUT2D eigenvalue weighted by molar-refractivity contribution is 9.10. The molecule has 0 unspecified atom stereocenters. The van der Waals surface area contributed by atoms with Crippen molar-refractivity contribution in [2.75, 3.05) is 6.61 Å². The Balaban J connectivity index is 1.73. The topological polar surface area (TPSA) is 69.6 Å². The number of benzene rings is 1. The first-order valence-electron chi connectivity index (χ1n) is 7.98. The Morgan fingerprint density at radius 1 is 1.31 bits per heavy atom. The molecule has 0 aliphatic carbocycles. The summed E-state index contributed by atoms with van der Waals surface area (Å²) >= 11 is 4.97. The number of fused-ring (bicyclic) bond motifs is 2. The summed E-state index contributed by atoms with van der Waals surface area (Å²) in [5.41, 5.74) is 2.22. The fraction of sp³-hybridized carbons (Fsp3) is 0.167. The van der Waals surface area contributed by atoms with E-state index in [1.54, 1.807) is 6.92 Å². The first kappa shape index (κ1) is 17.1. The second-order valence-corrected chi connectivity index (χ2v) is 7.33. The summed E-state index contributed by atoms with van der Waals surface area (Å²) in [6.45, 7) is 2.06. The Kier molecular flexibility index (Phi) is 4.69. The third-order valence-electron chi connectivity index (χ3n) is 3.84. The minimum absolute atomic E-state index is 0.237. The van der Waals surface area contributed by atoms with Gasteiger partial charge < -0.3 is 9.15 Å². The first-order valence-corrected chi connectivity index (χ1v) is 9.76. The van der Waals surface area contributed by atoms with Gasteiger partial charge in [0.2, 0.25) is 5.76 Å². The second-order valence-electron chi connectivity index (χ2n) is 5.47. The predicted octanol–water partition coefficient (Wildman–Crippen LogP) is 4.71. The lowest BCUT2D eigenvalue weighted by Gasteiger charge is -2.03. The molecule has 0 aliphatic rings. The molecule has 1 aromatic carbocycles. The SMILES string of the molecule is CCOC(=O)c1oc2ccc(Br)cc2c1CSc1nnc2ccccn12. The molecule has 132 valence electrons. The maximum absolute atomic E-state index is 12.3. The van der Waals surface area contributed by atoms with E-state index in [2.05, 4.69) is 26.1 Å². The van der Waals surface area contributed by atoms with Gasteiger partial charge in [0.05, 0.1) is 6.61 Å². The summed E-state index contributed by atoms with van der Waals surface area (Å²) in [6, 6.07) is 11.4. The Bertz CT molecular complexity index is 1110. The van der Waals surface area contributed by atoms with Crippen molar-refractivity contribution in [2.45, 2.75) is 17.8 Å². The Morgan fingerprint density at radius 2 is 2.19 bits per heavy atom. The van der Waals surface area contributed by atoms with E-state index < -0.39 is 5.97 Å². The molecular weight excluding hydrogens is 418 g/mol. The van der Waals surface area contributed by atoms with Crippen LogP contribution in [0.3, 0.4) is 0 Å². The number of ether oxygens (including phenoxy) is 1. The molecule has 4 aromatic rings. The molecule has 4 rings (SSSR count). The van der Waals surface area contributed by atoms with Crippen molar-refractivity contribution in [3.05, 3.63) is 58.4 Å². The van der Waals surface area contributed by atoms with E-state index in [9.17, 15) is 4.79 Å². The zero-order valence-electron chi connectivity index (χ0n) is 13.8. The van der Waals surface area contributed by atoms with Crippen LogP contribution < -0.4 is 0 Å². The Hall–Kier alpha value is -2.32. The molecule has 3 heterocycles. The van der Waals surface area contributed by atoms with Crippen LogP contribution in [0.2, 0.25) is 0 Å². The summed E-state index contributed by atoms with van der Waals surface area (Å²) in [4.78, 5) is 12.3. The number of carbonyl (C=O) groups excluding carboxylic acids is 1. The zero-order valence-corrected chi connectivity index (χ0v) is 16.2. The molecule has 0 aliphatic heterocycles. The van der Waals surface area contributed by atoms with Crippen LogP contribution in [-0.2, 0) is 10.5 Å². The van der Waals surface area contributed by atoms with E-state index in [-0.39, 0.29) is 5.76 Å². The highest BCUT2D eigenvalue weighted by Gasteiger charge is 2.22. The van der Waals surface area contributed by atoms with Crippen molar-refractivity contribution >= 4 is 50.3 Å². The number of pyridine rings is 1. The summed E-state index contributed by atoms with van der Waals surface area (Å²) in [7, 11) is 0. The van der Waals surface area contributed by atoms with Crippen molar-refractivity contribution in [1.29, 1.82) is 0 Å². The van der Waals surface area contributed by atoms with Gasteiger partial charge in [-0.1, -0.05) is 33.8 Å². The maximum atomic E-state index is 12.3. The number of halogens is 1. The first-order chi connectivity index (χ1) is 12.7. The molecule has 3 aromatic heterocycles. The van der Waals surface area contributed by atoms with Gasteiger partial charge in [0.25, 0.3) is 0 Å². The molecule has 0 amide bonds. The van der Waals surface area contributed by atoms with Crippen LogP contribution >= 0.6 is 27.7 Å². The second kappa shape index (κ2) is 7.13. The van der Waals surface area contributed by atoms with Crippen molar-refractivity contribution < 1.29 is 13.9 Å². The average molecular weight is 432 g/mol. The van der Waals surface area contributed by atoms with Crippen molar-refractivity contribution in [2.24, 2.45) is 0 Å². The van der Waals surface area contributed by atoms with Crippen molar-refractivity contribution in [3.8, 4) is 0 Å². The van der Waals surface area contributed by atoms with Crippen LogP contribution in [-0.4, -0.2) is 27.2 Å². The zero-order chi connectivity index (χ0) is 18.1. The molecule has 0 N–H and O–H groups in total. The quantitative estimate of drug-likeness (QED) is 0.336. The number of aromatic nitrogens is 3. The van der Waals surface area contributed by atoms with Crippen LogP contribution in [0.25, 0.3) is 16.6 Å². The number of carbonyl (C=O) groups is 1. The van der Waals surface area contributed by atoms with Gasteiger partial charge in [-0.2, -0.15) is 0 Å². The van der Waals surface area contributed by atoms with E-state index in [0.29, 0.717) is 17.9 Å². The lowest BCUT2D eigenvalue weighted by Crippen LogP contribution is -2.05. The fourth-order valence-electron chi connectivity index (χ4n) is 2.68. The van der Waals surface area contributed by atoms with E-state index >= 15 is 0 Å². The standard InChI is InChI=1S/C18H14BrN3O3S/c1-2-24-17(23)16-13(12-9-11(19)6-7-14(12)25-16)10-26-18-21-20-15-5-3-4-8-22(15)18/h3-9H,2,10H2,1H3. The Morgan fingerprint density at radius 3 is 3.04 bits per heavy atom. The van der Waals surface area contributed by atoms with Gasteiger partial charge in [-0.15, -0.1) is 10.2 Å². The van der Waals surface area contributed by atoms with Crippen LogP contribution in [0.4, 0.5) is 0 Å². The van der Waals surface area contributed by atoms with Crippen LogP contribution in [0.1, 0.15) is 23.0 Å². The monoisotopic (exact) mass is 431 g/mol. The number of rotatable bonds is 5. The number of hydrogen-bond acceptors (Lipinski definition) is 6. The van der Waals surface area contributed by atoms with E-state index in [4.69, 9.17) is 9.15 Å². The summed E-state index contributed by atoms with van der Waals surface area (Å²) in [5.74, 6) is 0.288. The minimum Gasteiger partial charge on any atom is -0.460 e. The molecule has 6 nitrogen and oxygen atoms in total. The molecule has 0 fully saturated rings. The summed E-state index contributed by atoms with van der Waals surface area (Å²) in [5, 5.41) is 10.0. The smallest absolute Gasteiger partial charge is 0.374 e. The predicted molar refractivity (Wildman–Crippen MR) is 102 cm³/mol. The highest BCUT2D eigenvalue weighted by Crippen LogP contribution is 2.33. The largest absolute Gasteiger partial charge is 0.460 e. The lowest BCUT2D eigenvalue weighted by molar-refractivity contribution is 0.0491. The molecule has 0 radical (unpaired) electrons. The number of furan rings is 1. The van der Waals surface area contributed by atoms with Gasteiger partial charge in [-0.3, -0.25) is 4.40 Å². The van der Waals surface area contributed by atoms with E-state index in [1.807, 2.05) is 47.0 Å². The molecule has 26 heavy (non-hydrogen) atoms. The van der Waals surface area contributed by atoms with Gasteiger partial charge in [-0.05, 0) is 37.3 Å². The van der Waals surface area contributed by atoms with E-state index in [0.717, 1.165) is 26.2 Å². The van der Waals surface area contributed by atoms with Gasteiger partial charge in [-0.25, -0.2) is 4.79 Å². The van der Waals surface area contributed by atoms with Crippen LogP contribution in [0.15, 0.2) is 56.6 Å². The summed E-state index contributed by atoms with van der Waals surface area (Å²) < 4.78 is 13.7. The average Bonchev–Trinajstić information content (AvgIpc) is 3.21. The fourth-order valence-corrected chi connectivity index (χ4v) is 3.99. The Labute approximate surface area is 161 Å². The molecule has 0 bridgehead atoms. The number of hydrogen-bond donors (Lipinski definition) is 0. The molecular formula is C18H14BrN3O3S. The van der Waals surface area contributed by atoms with Gasteiger partial charge in [0.1, 0.15) is 5.58 Å². The molecule has 0 saturated carbocycles. The number of thioether (sulfide) groups is 1. The van der Waals surface area contributed by atoms with Crippen molar-refractivity contribution in [3.63, 3.8) is 0 Å². The number of esters is 1. The van der Waals surface area contributed by atoms with Crippen LogP contribution in [0.5, 0.6) is 0 Å². The number of nitrogens with zero attached hydrogens (tertiary/aromatic N) is 3. The van der Waals surface area contributed by atoms with Crippen molar-refractivity contribution in [1.82, 2.24) is 14.6 Å². The molecule has 8 heteroatoms. The molecule has 0 saturated heterocycles. The van der Waals surface area contributed by atoms with Gasteiger partial charge in [0, 0.05) is 27.4 Å². The lowest BCUT2D eigenvalue weighted by atomic mass is 10.1. The van der Waals surface area contributed by atoms with E-state index in [1.165, 1.54) is 11.8 Å². The van der Waals surface area contributed by atoms with Gasteiger partial charge in [0.15, 0.2) is 10.8 Å². The summed E-state index contributed by atoms with van der Waals surface area (Å²) in [6.07, 6.45) is 1.91. The molecule has 0 spiro atoms. The molecule has 0 atom stereocenters. The third kappa shape index (κ3) is 3.10. The maximum Gasteiger partial charge on any atom is 0.374 e. The van der Waals surface area contributed by atoms with Crippen LogP contribution in [0, 0.1) is 0 Å².